The molecule has 0 saturated carbocycles. The molecule has 3 aliphatic rings. The molecule has 1 fully saturated rings. The summed E-state index contributed by atoms with van der Waals surface area (Å²) in [5, 5.41) is 10.2. The molecular weight excluding hydrogens is 432 g/mol. The SMILES string of the molecule is CC1(C)c2cc(N3CCN(C4CCC=CCC4)CC3)ccc2C(=O)c2c1[nH]c1cc(C#N)ccc21. The van der Waals surface area contributed by atoms with Crippen molar-refractivity contribution in [1.29, 1.82) is 5.26 Å². The lowest BCUT2D eigenvalue weighted by Crippen LogP contribution is -2.50. The topological polar surface area (TPSA) is 63.1 Å². The standard InChI is InChI=1S/C30H32N4O/c1-30(2)25-18-22(34-15-13-33(14-16-34)21-7-5-3-4-6-8-21)10-12-23(25)28(35)27-24-11-9-20(19-31)17-26(24)32-29(27)30/h3-4,9-12,17-18,21,32H,5-8,13-16H2,1-2H3. The number of allylic oxidation sites excluding steroid dienone is 2. The number of hydrogen-bond acceptors (Lipinski definition) is 4. The molecule has 0 spiro atoms. The lowest BCUT2D eigenvalue weighted by molar-refractivity contribution is 0.103. The molecule has 5 nitrogen and oxygen atoms in total. The molecule has 35 heavy (non-hydrogen) atoms. The fraction of sp³-hybridized carbons (Fsp3) is 0.400. The minimum atomic E-state index is -0.338. The highest BCUT2D eigenvalue weighted by Gasteiger charge is 2.40. The van der Waals surface area contributed by atoms with Crippen molar-refractivity contribution in [2.75, 3.05) is 31.1 Å². The molecule has 6 rings (SSSR count). The van der Waals surface area contributed by atoms with E-state index in [0.717, 1.165) is 59.5 Å². The maximum atomic E-state index is 13.6. The van der Waals surface area contributed by atoms with Crippen LogP contribution in [0.25, 0.3) is 10.9 Å². The van der Waals surface area contributed by atoms with E-state index in [1.54, 1.807) is 6.07 Å². The van der Waals surface area contributed by atoms with Gasteiger partial charge in [0.1, 0.15) is 0 Å². The van der Waals surface area contributed by atoms with E-state index < -0.39 is 0 Å². The van der Waals surface area contributed by atoms with E-state index in [4.69, 9.17) is 0 Å². The molecule has 1 N–H and O–H groups in total. The third-order valence-corrected chi connectivity index (χ3v) is 8.40. The van der Waals surface area contributed by atoms with Gasteiger partial charge >= 0.3 is 0 Å². The number of anilines is 1. The lowest BCUT2D eigenvalue weighted by atomic mass is 9.71. The van der Waals surface area contributed by atoms with Gasteiger partial charge in [0, 0.05) is 65.5 Å². The molecular formula is C30H32N4O. The lowest BCUT2D eigenvalue weighted by Gasteiger charge is -2.41. The summed E-state index contributed by atoms with van der Waals surface area (Å²) >= 11 is 0. The first kappa shape index (κ1) is 22.1. The molecule has 0 radical (unpaired) electrons. The molecule has 2 aliphatic carbocycles. The number of fused-ring (bicyclic) bond motifs is 4. The Hall–Kier alpha value is -3.36. The number of H-pyrrole nitrogens is 1. The van der Waals surface area contributed by atoms with Crippen molar-refractivity contribution >= 4 is 22.4 Å². The van der Waals surface area contributed by atoms with E-state index in [1.807, 2.05) is 18.2 Å². The molecule has 178 valence electrons. The van der Waals surface area contributed by atoms with Crippen LogP contribution in [0.5, 0.6) is 0 Å². The van der Waals surface area contributed by atoms with Gasteiger partial charge in [0.2, 0.25) is 0 Å². The summed E-state index contributed by atoms with van der Waals surface area (Å²) in [6.07, 6.45) is 9.63. The van der Waals surface area contributed by atoms with Gasteiger partial charge in [0.15, 0.2) is 5.78 Å². The van der Waals surface area contributed by atoms with Crippen molar-refractivity contribution in [2.24, 2.45) is 0 Å². The van der Waals surface area contributed by atoms with E-state index in [-0.39, 0.29) is 11.2 Å². The number of carbonyl (C=O) groups excluding carboxylic acids is 1. The van der Waals surface area contributed by atoms with E-state index in [9.17, 15) is 10.1 Å². The summed E-state index contributed by atoms with van der Waals surface area (Å²) in [6, 6.07) is 14.9. The average Bonchev–Trinajstić information content (AvgIpc) is 3.07. The van der Waals surface area contributed by atoms with Crippen molar-refractivity contribution < 1.29 is 4.79 Å². The molecule has 0 atom stereocenters. The Bertz CT molecular complexity index is 1370. The van der Waals surface area contributed by atoms with Gasteiger partial charge in [-0.25, -0.2) is 0 Å². The third-order valence-electron chi connectivity index (χ3n) is 8.40. The van der Waals surface area contributed by atoms with Crippen LogP contribution >= 0.6 is 0 Å². The van der Waals surface area contributed by atoms with E-state index in [2.05, 4.69) is 59.0 Å². The minimum Gasteiger partial charge on any atom is -0.369 e. The van der Waals surface area contributed by atoms with Crippen LogP contribution in [0, 0.1) is 11.3 Å². The molecule has 0 bridgehead atoms. The zero-order chi connectivity index (χ0) is 24.2. The number of nitrogens with one attached hydrogen (secondary N) is 1. The second-order valence-corrected chi connectivity index (χ2v) is 10.7. The largest absolute Gasteiger partial charge is 0.369 e. The Morgan fingerprint density at radius 1 is 1.00 bits per heavy atom. The number of nitrogens with zero attached hydrogens (tertiary/aromatic N) is 3. The summed E-state index contributed by atoms with van der Waals surface area (Å²) in [7, 11) is 0. The van der Waals surface area contributed by atoms with E-state index >= 15 is 0 Å². The van der Waals surface area contributed by atoms with Gasteiger partial charge in [-0.1, -0.05) is 32.1 Å². The molecule has 2 aromatic carbocycles. The van der Waals surface area contributed by atoms with Crippen molar-refractivity contribution in [3.05, 3.63) is 76.5 Å². The molecule has 3 aromatic rings. The molecule has 0 unspecified atom stereocenters. The molecule has 1 aliphatic heterocycles. The average molecular weight is 465 g/mol. The van der Waals surface area contributed by atoms with Gasteiger partial charge in [-0.15, -0.1) is 0 Å². The Balaban J connectivity index is 1.29. The summed E-state index contributed by atoms with van der Waals surface area (Å²) in [5.41, 5.74) is 5.89. The summed E-state index contributed by atoms with van der Waals surface area (Å²) in [4.78, 5) is 22.3. The van der Waals surface area contributed by atoms with E-state index in [1.165, 1.54) is 31.4 Å². The molecule has 1 saturated heterocycles. The highest BCUT2D eigenvalue weighted by atomic mass is 16.1. The smallest absolute Gasteiger partial charge is 0.195 e. The first-order chi connectivity index (χ1) is 17.0. The van der Waals surface area contributed by atoms with Crippen molar-refractivity contribution in [1.82, 2.24) is 9.88 Å². The van der Waals surface area contributed by atoms with Crippen LogP contribution in [0.3, 0.4) is 0 Å². The van der Waals surface area contributed by atoms with Gasteiger partial charge in [-0.05, 0) is 61.6 Å². The molecule has 1 aromatic heterocycles. The van der Waals surface area contributed by atoms with Crippen molar-refractivity contribution in [3.63, 3.8) is 0 Å². The first-order valence-electron chi connectivity index (χ1n) is 12.9. The number of aromatic amines is 1. The number of hydrogen-bond donors (Lipinski definition) is 1. The first-order valence-corrected chi connectivity index (χ1v) is 12.9. The van der Waals surface area contributed by atoms with Crippen LogP contribution in [-0.4, -0.2) is 47.9 Å². The fourth-order valence-electron chi connectivity index (χ4n) is 6.35. The zero-order valence-electron chi connectivity index (χ0n) is 20.6. The third kappa shape index (κ3) is 3.59. The quantitative estimate of drug-likeness (QED) is 0.507. The number of benzene rings is 2. The minimum absolute atomic E-state index is 0.0728. The van der Waals surface area contributed by atoms with Gasteiger partial charge in [-0.3, -0.25) is 9.69 Å². The molecule has 0 amide bonds. The predicted molar refractivity (Wildman–Crippen MR) is 140 cm³/mol. The summed E-state index contributed by atoms with van der Waals surface area (Å²) < 4.78 is 0. The monoisotopic (exact) mass is 464 g/mol. The highest BCUT2D eigenvalue weighted by molar-refractivity contribution is 6.20. The maximum Gasteiger partial charge on any atom is 0.195 e. The fourth-order valence-corrected chi connectivity index (χ4v) is 6.35. The van der Waals surface area contributed by atoms with Crippen LogP contribution in [0.1, 0.15) is 72.3 Å². The van der Waals surface area contributed by atoms with Crippen LogP contribution in [0.2, 0.25) is 0 Å². The van der Waals surface area contributed by atoms with Crippen LogP contribution in [0.15, 0.2) is 48.6 Å². The Labute approximate surface area is 207 Å². The van der Waals surface area contributed by atoms with Gasteiger partial charge in [-0.2, -0.15) is 5.26 Å². The molecule has 2 heterocycles. The highest BCUT2D eigenvalue weighted by Crippen LogP contribution is 2.44. The number of nitriles is 1. The second-order valence-electron chi connectivity index (χ2n) is 10.7. The number of aromatic nitrogens is 1. The van der Waals surface area contributed by atoms with Gasteiger partial charge < -0.3 is 9.88 Å². The van der Waals surface area contributed by atoms with Crippen molar-refractivity contribution in [3.8, 4) is 6.07 Å². The Morgan fingerprint density at radius 3 is 2.46 bits per heavy atom. The predicted octanol–water partition coefficient (Wildman–Crippen LogP) is 5.53. The Morgan fingerprint density at radius 2 is 1.74 bits per heavy atom. The normalized spacial score (nSPS) is 20.4. The van der Waals surface area contributed by atoms with Crippen molar-refractivity contribution in [2.45, 2.75) is 51.0 Å². The molecule has 5 heteroatoms. The van der Waals surface area contributed by atoms with Crippen LogP contribution < -0.4 is 4.90 Å². The number of ketones is 1. The Kier molecular flexibility index (Phi) is 5.30. The van der Waals surface area contributed by atoms with Crippen LogP contribution in [-0.2, 0) is 5.41 Å². The second kappa shape index (κ2) is 8.39. The summed E-state index contributed by atoms with van der Waals surface area (Å²) in [5.74, 6) is 0.0728. The number of piperazine rings is 1. The van der Waals surface area contributed by atoms with Gasteiger partial charge in [0.25, 0.3) is 0 Å². The van der Waals surface area contributed by atoms with Crippen LogP contribution in [0.4, 0.5) is 5.69 Å². The van der Waals surface area contributed by atoms with E-state index in [0.29, 0.717) is 11.6 Å². The van der Waals surface area contributed by atoms with Gasteiger partial charge in [0.05, 0.1) is 17.2 Å². The number of rotatable bonds is 2. The number of carbonyl (C=O) groups is 1. The zero-order valence-corrected chi connectivity index (χ0v) is 20.6. The maximum absolute atomic E-state index is 13.6. The summed E-state index contributed by atoms with van der Waals surface area (Å²) in [6.45, 7) is 8.62.